The first-order valence-electron chi connectivity index (χ1n) is 4.79. The minimum atomic E-state index is -2.60. The van der Waals surface area contributed by atoms with E-state index in [0.29, 0.717) is 11.8 Å². The molecule has 8 heteroatoms. The Bertz CT molecular complexity index is 443. The van der Waals surface area contributed by atoms with E-state index >= 15 is 0 Å². The lowest BCUT2D eigenvalue weighted by Crippen LogP contribution is -2.33. The predicted molar refractivity (Wildman–Crippen MR) is 63.0 cm³/mol. The van der Waals surface area contributed by atoms with Crippen LogP contribution in [0.15, 0.2) is 29.2 Å². The lowest BCUT2D eigenvalue weighted by Gasteiger charge is -2.10. The number of aliphatic carboxylic acids is 1. The third-order valence-electron chi connectivity index (χ3n) is 1.75. The average molecular weight is 276 g/mol. The number of carbonyl (C=O) groups is 2. The maximum absolute atomic E-state index is 12.2. The van der Waals surface area contributed by atoms with Gasteiger partial charge in [-0.3, -0.25) is 4.79 Å². The van der Waals surface area contributed by atoms with Crippen LogP contribution in [0.5, 0.6) is 0 Å². The molecule has 0 saturated heterocycles. The van der Waals surface area contributed by atoms with Gasteiger partial charge < -0.3 is 15.7 Å². The quantitative estimate of drug-likeness (QED) is 0.720. The van der Waals surface area contributed by atoms with E-state index in [1.807, 2.05) is 0 Å². The number of para-hydroxylation sites is 1. The fourth-order valence-electron chi connectivity index (χ4n) is 1.09. The van der Waals surface area contributed by atoms with Crippen LogP contribution in [-0.2, 0) is 4.79 Å². The van der Waals surface area contributed by atoms with Crippen LogP contribution < -0.4 is 10.6 Å². The lowest BCUT2D eigenvalue weighted by atomic mass is 10.3. The van der Waals surface area contributed by atoms with Gasteiger partial charge in [0.25, 0.3) is 5.76 Å². The summed E-state index contributed by atoms with van der Waals surface area (Å²) in [7, 11) is 0. The Morgan fingerprint density at radius 1 is 1.33 bits per heavy atom. The standard InChI is InChI=1S/C10H10F2N2O3S/c11-9(12)18-7-4-2-1-3-6(7)14-10(17)13-5-8(15)16/h1-4,9H,5H2,(H,15,16)(H2,13,14,17). The molecule has 0 bridgehead atoms. The van der Waals surface area contributed by atoms with Crippen molar-refractivity contribution in [2.75, 3.05) is 11.9 Å². The van der Waals surface area contributed by atoms with Gasteiger partial charge in [-0.05, 0) is 12.1 Å². The van der Waals surface area contributed by atoms with Gasteiger partial charge in [0, 0.05) is 4.90 Å². The average Bonchev–Trinajstić information content (AvgIpc) is 2.28. The number of urea groups is 1. The largest absolute Gasteiger partial charge is 0.480 e. The van der Waals surface area contributed by atoms with Gasteiger partial charge in [0.15, 0.2) is 0 Å². The van der Waals surface area contributed by atoms with Crippen LogP contribution in [0.1, 0.15) is 0 Å². The summed E-state index contributed by atoms with van der Waals surface area (Å²) in [6.45, 7) is -0.546. The fraction of sp³-hybridized carbons (Fsp3) is 0.200. The molecule has 3 N–H and O–H groups in total. The second-order valence-electron chi connectivity index (χ2n) is 3.08. The molecule has 0 aromatic heterocycles. The van der Waals surface area contributed by atoms with Gasteiger partial charge in [-0.25, -0.2) is 4.79 Å². The van der Waals surface area contributed by atoms with E-state index in [-0.39, 0.29) is 10.6 Å². The number of amides is 2. The van der Waals surface area contributed by atoms with Crippen molar-refractivity contribution in [3.63, 3.8) is 0 Å². The Kier molecular flexibility index (Phi) is 5.37. The van der Waals surface area contributed by atoms with Crippen LogP contribution in [0.4, 0.5) is 19.3 Å². The van der Waals surface area contributed by atoms with Crippen LogP contribution >= 0.6 is 11.8 Å². The van der Waals surface area contributed by atoms with Crippen molar-refractivity contribution in [1.82, 2.24) is 5.32 Å². The summed E-state index contributed by atoms with van der Waals surface area (Å²) in [6.07, 6.45) is 0. The summed E-state index contributed by atoms with van der Waals surface area (Å²) in [5.74, 6) is -3.80. The topological polar surface area (TPSA) is 78.4 Å². The molecule has 0 aliphatic rings. The molecule has 0 saturated carbocycles. The summed E-state index contributed by atoms with van der Waals surface area (Å²) in [4.78, 5) is 21.7. The van der Waals surface area contributed by atoms with E-state index in [0.717, 1.165) is 0 Å². The third kappa shape index (κ3) is 5.00. The Balaban J connectivity index is 2.65. The number of benzene rings is 1. The molecule has 1 aromatic rings. The summed E-state index contributed by atoms with van der Waals surface area (Å²) < 4.78 is 24.5. The number of carbonyl (C=O) groups excluding carboxylic acids is 1. The van der Waals surface area contributed by atoms with Crippen molar-refractivity contribution in [3.8, 4) is 0 Å². The molecule has 0 atom stereocenters. The van der Waals surface area contributed by atoms with E-state index < -0.39 is 24.3 Å². The van der Waals surface area contributed by atoms with Crippen LogP contribution in [0, 0.1) is 0 Å². The van der Waals surface area contributed by atoms with Crippen molar-refractivity contribution in [1.29, 1.82) is 0 Å². The molecule has 1 aromatic carbocycles. The molecule has 0 radical (unpaired) electrons. The highest BCUT2D eigenvalue weighted by Crippen LogP contribution is 2.31. The number of thioether (sulfide) groups is 1. The maximum atomic E-state index is 12.2. The van der Waals surface area contributed by atoms with E-state index in [9.17, 15) is 18.4 Å². The molecule has 0 aliphatic carbocycles. The molecular formula is C10H10F2N2O3S. The van der Waals surface area contributed by atoms with Gasteiger partial charge in [0.1, 0.15) is 6.54 Å². The highest BCUT2D eigenvalue weighted by Gasteiger charge is 2.11. The summed E-state index contributed by atoms with van der Waals surface area (Å²) in [5, 5.41) is 12.7. The second-order valence-corrected chi connectivity index (χ2v) is 4.11. The molecule has 0 heterocycles. The molecular weight excluding hydrogens is 266 g/mol. The van der Waals surface area contributed by atoms with Gasteiger partial charge in [-0.2, -0.15) is 8.78 Å². The van der Waals surface area contributed by atoms with Gasteiger partial charge in [0.05, 0.1) is 5.69 Å². The SMILES string of the molecule is O=C(O)CNC(=O)Nc1ccccc1SC(F)F. The molecule has 1 rings (SSSR count). The normalized spacial score (nSPS) is 10.2. The Hall–Kier alpha value is -1.83. The Morgan fingerprint density at radius 2 is 2.00 bits per heavy atom. The number of hydrogen-bond donors (Lipinski definition) is 3. The number of anilines is 1. The minimum absolute atomic E-state index is 0.200. The van der Waals surface area contributed by atoms with Gasteiger partial charge in [-0.15, -0.1) is 0 Å². The Morgan fingerprint density at radius 3 is 2.61 bits per heavy atom. The number of nitrogens with one attached hydrogen (secondary N) is 2. The molecule has 2 amide bonds. The number of alkyl halides is 2. The van der Waals surface area contributed by atoms with Crippen LogP contribution in [0.2, 0.25) is 0 Å². The van der Waals surface area contributed by atoms with E-state index in [1.165, 1.54) is 12.1 Å². The highest BCUT2D eigenvalue weighted by atomic mass is 32.2. The highest BCUT2D eigenvalue weighted by molar-refractivity contribution is 7.99. The van der Waals surface area contributed by atoms with Crippen molar-refractivity contribution in [2.24, 2.45) is 0 Å². The minimum Gasteiger partial charge on any atom is -0.480 e. The molecule has 0 unspecified atom stereocenters. The maximum Gasteiger partial charge on any atom is 0.323 e. The number of hydrogen-bond acceptors (Lipinski definition) is 3. The first-order valence-corrected chi connectivity index (χ1v) is 5.67. The number of halogens is 2. The molecule has 98 valence electrons. The van der Waals surface area contributed by atoms with E-state index in [2.05, 4.69) is 10.6 Å². The van der Waals surface area contributed by atoms with Crippen LogP contribution in [0.25, 0.3) is 0 Å². The zero-order valence-corrected chi connectivity index (χ0v) is 9.84. The summed E-state index contributed by atoms with van der Waals surface area (Å²) >= 11 is 0.299. The van der Waals surface area contributed by atoms with Crippen LogP contribution in [0.3, 0.4) is 0 Å². The number of carboxylic acids is 1. The lowest BCUT2D eigenvalue weighted by molar-refractivity contribution is -0.135. The van der Waals surface area contributed by atoms with Gasteiger partial charge in [0.2, 0.25) is 0 Å². The third-order valence-corrected chi connectivity index (χ3v) is 2.54. The molecule has 5 nitrogen and oxygen atoms in total. The predicted octanol–water partition coefficient (Wildman–Crippen LogP) is 2.21. The zero-order valence-electron chi connectivity index (χ0n) is 9.02. The fourth-order valence-corrected chi connectivity index (χ4v) is 1.69. The van der Waals surface area contributed by atoms with Crippen molar-refractivity contribution in [3.05, 3.63) is 24.3 Å². The first kappa shape index (κ1) is 14.2. The van der Waals surface area contributed by atoms with Crippen LogP contribution in [-0.4, -0.2) is 29.4 Å². The van der Waals surface area contributed by atoms with Crippen molar-refractivity contribution < 1.29 is 23.5 Å². The van der Waals surface area contributed by atoms with Crippen molar-refractivity contribution >= 4 is 29.4 Å². The monoisotopic (exact) mass is 276 g/mol. The summed E-state index contributed by atoms with van der Waals surface area (Å²) in [6, 6.07) is 5.25. The first-order chi connectivity index (χ1) is 8.49. The Labute approximate surface area is 106 Å². The molecule has 0 spiro atoms. The molecule has 0 fully saturated rings. The van der Waals surface area contributed by atoms with Gasteiger partial charge >= 0.3 is 12.0 Å². The van der Waals surface area contributed by atoms with E-state index in [1.54, 1.807) is 12.1 Å². The second kappa shape index (κ2) is 6.80. The number of carboxylic acid groups (broad SMARTS) is 1. The molecule has 0 aliphatic heterocycles. The molecule has 18 heavy (non-hydrogen) atoms. The number of rotatable bonds is 5. The summed E-state index contributed by atoms with van der Waals surface area (Å²) in [5.41, 5.74) is 0.200. The van der Waals surface area contributed by atoms with E-state index in [4.69, 9.17) is 5.11 Å². The smallest absolute Gasteiger partial charge is 0.323 e. The van der Waals surface area contributed by atoms with Crippen molar-refractivity contribution in [2.45, 2.75) is 10.7 Å². The zero-order chi connectivity index (χ0) is 13.5. The van der Waals surface area contributed by atoms with Gasteiger partial charge in [-0.1, -0.05) is 23.9 Å².